The van der Waals surface area contributed by atoms with Crippen LogP contribution in [0, 0.1) is 6.39 Å². The summed E-state index contributed by atoms with van der Waals surface area (Å²) >= 11 is 0. The molecule has 0 amide bonds. The van der Waals surface area contributed by atoms with E-state index in [4.69, 9.17) is 7.98 Å². The topological polar surface area (TPSA) is 17.0 Å². The highest BCUT2D eigenvalue weighted by atomic mass is 16.3. The van der Waals surface area contributed by atoms with Crippen LogP contribution in [0.1, 0.15) is 0 Å². The van der Waals surface area contributed by atoms with Crippen molar-refractivity contribution in [1.82, 2.24) is 0 Å². The summed E-state index contributed by atoms with van der Waals surface area (Å²) in [7, 11) is 5.05. The zero-order chi connectivity index (χ0) is 4.41. The van der Waals surface area contributed by atoms with Gasteiger partial charge >= 0.3 is 0 Å². The van der Waals surface area contributed by atoms with Gasteiger partial charge in [-0.1, -0.05) is 0 Å². The molecule has 0 aliphatic rings. The molecule has 0 bridgehead atoms. The van der Waals surface area contributed by atoms with Gasteiger partial charge in [0.1, 0.15) is 0 Å². The quantitative estimate of drug-likeness (QED) is 0.296. The van der Waals surface area contributed by atoms with Gasteiger partial charge in [0.2, 0.25) is 6.39 Å². The van der Waals surface area contributed by atoms with Gasteiger partial charge in [-0.3, -0.25) is 0 Å². The summed E-state index contributed by atoms with van der Waals surface area (Å²) in [6.07, 6.45) is 5.32. The first-order valence-corrected chi connectivity index (χ1v) is 1.51. The molecule has 1 heterocycles. The van der Waals surface area contributed by atoms with Crippen molar-refractivity contribution in [3.8, 4) is 0 Å². The van der Waals surface area contributed by atoms with E-state index in [9.17, 15) is 0 Å². The third kappa shape index (κ3) is 0.430. The molecular weight excluding hydrogens is 76.9 g/mol. The molecule has 0 aliphatic carbocycles. The lowest BCUT2D eigenvalue weighted by Crippen LogP contribution is -2.26. The highest BCUT2D eigenvalue weighted by molar-refractivity contribution is 5.94. The van der Waals surface area contributed by atoms with Crippen LogP contribution in [0.4, 0.5) is 0 Å². The molecule has 0 atom stereocenters. The van der Waals surface area contributed by atoms with Crippen LogP contribution >= 0.6 is 0 Å². The fraction of sp³-hybridized carbons (Fsp3) is 0. The van der Waals surface area contributed by atoms with E-state index < -0.39 is 0 Å². The minimum atomic E-state index is 1.21. The van der Waals surface area contributed by atoms with E-state index in [1.807, 2.05) is 0 Å². The van der Waals surface area contributed by atoms with Gasteiger partial charge in [-0.25, -0.2) is 0 Å². The second-order valence-corrected chi connectivity index (χ2v) is 0.902. The fourth-order valence-electron chi connectivity index (χ4n) is 0.218. The van der Waals surface area contributed by atoms with Gasteiger partial charge in [0.25, 0.3) is 0 Å². The summed E-state index contributed by atoms with van der Waals surface area (Å²) in [5.74, 6) is 0. The third-order valence-corrected chi connectivity index (χ3v) is 0.448. The molecule has 0 unspecified atom stereocenters. The van der Waals surface area contributed by atoms with Gasteiger partial charge in [0, 0.05) is 0 Å². The van der Waals surface area contributed by atoms with E-state index in [2.05, 4.69) is 10.8 Å². The van der Waals surface area contributed by atoms with E-state index in [1.165, 1.54) is 10.7 Å². The van der Waals surface area contributed by atoms with Crippen molar-refractivity contribution >= 4 is 7.98 Å². The Morgan fingerprint density at radius 1 is 1.83 bits per heavy atom. The van der Waals surface area contributed by atoms with Gasteiger partial charge in [-0.05, 0) is 12.5 Å². The van der Waals surface area contributed by atoms with Gasteiger partial charge in [-0.2, -0.15) is 0 Å². The molecule has 0 saturated heterocycles. The predicted molar refractivity (Wildman–Crippen MR) is 18.9 cm³/mol. The molecule has 0 aromatic carbocycles. The molecule has 1 aromatic heterocycles. The minimum absolute atomic E-state index is 1.21. The molecule has 0 fully saturated rings. The Labute approximate surface area is 36.8 Å². The summed E-state index contributed by atoms with van der Waals surface area (Å²) in [5, 5.41) is 0. The Bertz CT molecular complexity index is 114. The molecule has 1 rings (SSSR count). The van der Waals surface area contributed by atoms with Crippen LogP contribution in [0.3, 0.4) is 0 Å². The van der Waals surface area contributed by atoms with E-state index >= 15 is 0 Å². The first-order chi connectivity index (χ1) is 2.89. The summed E-state index contributed by atoms with van der Waals surface area (Å²) in [6.45, 7) is 0. The zero-order valence-electron chi connectivity index (χ0n) is 3.09. The second kappa shape index (κ2) is 1.16. The molecule has 6 heavy (non-hydrogen) atoms. The lowest BCUT2D eigenvalue weighted by molar-refractivity contribution is -0.531. The van der Waals surface area contributed by atoms with Gasteiger partial charge in [0.05, 0.1) is 0 Å². The number of rotatable bonds is 0. The lowest BCUT2D eigenvalue weighted by atomic mass is 10.4. The number of hydrogen-bond donors (Lipinski definition) is 0. The van der Waals surface area contributed by atoms with Gasteiger partial charge in [0.15, 0.2) is 0 Å². The maximum atomic E-state index is 5.05. The van der Waals surface area contributed by atoms with E-state index in [1.54, 1.807) is 6.20 Å². The first kappa shape index (κ1) is 3.46. The molecular formula is C3H2BNO-. The smallest absolute Gasteiger partial charge is 0.248 e. The standard InChI is InChI=1S/C3H2BNO/c4-5-1-2-6-3-5/h1-2H/q-1. The number of aromatic nitrogens is 1. The maximum absolute atomic E-state index is 5.05. The van der Waals surface area contributed by atoms with Crippen LogP contribution in [-0.2, 0) is 0 Å². The normalized spacial score (nSPS) is 8.83. The monoisotopic (exact) mass is 79.0 g/mol. The zero-order valence-corrected chi connectivity index (χ0v) is 3.09. The van der Waals surface area contributed by atoms with Crippen LogP contribution in [0.5, 0.6) is 0 Å². The Balaban J connectivity index is 3.05. The van der Waals surface area contributed by atoms with Crippen LogP contribution < -0.4 is 4.48 Å². The van der Waals surface area contributed by atoms with Crippen LogP contribution in [0.2, 0.25) is 0 Å². The van der Waals surface area contributed by atoms with Crippen LogP contribution in [0.25, 0.3) is 0 Å². The maximum Gasteiger partial charge on any atom is 0.248 e. The second-order valence-electron chi connectivity index (χ2n) is 0.902. The molecule has 2 nitrogen and oxygen atoms in total. The minimum Gasteiger partial charge on any atom is -0.590 e. The summed E-state index contributed by atoms with van der Waals surface area (Å²) < 4.78 is 5.64. The lowest BCUT2D eigenvalue weighted by Gasteiger charge is -1.91. The number of nitrogens with zero attached hydrogens (tertiary/aromatic N) is 1. The van der Waals surface area contributed by atoms with Gasteiger partial charge < -0.3 is 8.90 Å². The molecule has 29 valence electrons. The first-order valence-electron chi connectivity index (χ1n) is 1.51. The highest BCUT2D eigenvalue weighted by Gasteiger charge is 1.60. The van der Waals surface area contributed by atoms with Crippen molar-refractivity contribution in [2.24, 2.45) is 0 Å². The summed E-state index contributed by atoms with van der Waals surface area (Å²) in [4.78, 5) is 0. The molecule has 0 saturated carbocycles. The SMILES string of the molecule is [B-][n+]1[c-]occ1. The molecule has 0 spiro atoms. The van der Waals surface area contributed by atoms with E-state index in [0.717, 1.165) is 0 Å². The van der Waals surface area contributed by atoms with Gasteiger partial charge in [-0.15, -0.1) is 7.98 Å². The molecule has 3 radical (unpaired) electrons. The number of hydrogen-bond acceptors (Lipinski definition) is 1. The summed E-state index contributed by atoms with van der Waals surface area (Å²) in [5.41, 5.74) is 0. The summed E-state index contributed by atoms with van der Waals surface area (Å²) in [6, 6.07) is 0. The molecule has 1 aromatic rings. The fourth-order valence-corrected chi connectivity index (χ4v) is 0.218. The van der Waals surface area contributed by atoms with Crippen molar-refractivity contribution in [1.29, 1.82) is 0 Å². The Kier molecular flexibility index (Phi) is 0.672. The third-order valence-electron chi connectivity index (χ3n) is 0.448. The molecule has 0 aliphatic heterocycles. The molecule has 0 N–H and O–H groups in total. The molecule has 3 heteroatoms. The Morgan fingerprint density at radius 2 is 2.67 bits per heavy atom. The largest absolute Gasteiger partial charge is 0.590 e. The van der Waals surface area contributed by atoms with E-state index in [0.29, 0.717) is 0 Å². The average Bonchev–Trinajstić information content (AvgIpc) is 1.86. The van der Waals surface area contributed by atoms with Crippen molar-refractivity contribution in [3.05, 3.63) is 18.9 Å². The van der Waals surface area contributed by atoms with Crippen molar-refractivity contribution in [2.75, 3.05) is 0 Å². The average molecular weight is 78.9 g/mol. The number of oxazole rings is 1. The van der Waals surface area contributed by atoms with Crippen molar-refractivity contribution in [3.63, 3.8) is 0 Å². The van der Waals surface area contributed by atoms with Crippen molar-refractivity contribution < 1.29 is 8.90 Å². The van der Waals surface area contributed by atoms with Crippen LogP contribution in [-0.4, -0.2) is 7.98 Å². The Morgan fingerprint density at radius 3 is 2.83 bits per heavy atom. The van der Waals surface area contributed by atoms with E-state index in [-0.39, 0.29) is 0 Å². The Hall–Kier alpha value is -0.725. The van der Waals surface area contributed by atoms with Crippen molar-refractivity contribution in [2.45, 2.75) is 0 Å². The predicted octanol–water partition coefficient (Wildman–Crippen LogP) is -0.701. The highest BCUT2D eigenvalue weighted by Crippen LogP contribution is 1.67. The van der Waals surface area contributed by atoms with Crippen LogP contribution in [0.15, 0.2) is 16.9 Å².